The molecular weight excluding hydrogens is 392 g/mol. The molecule has 0 unspecified atom stereocenters. The third-order valence-electron chi connectivity index (χ3n) is 4.09. The van der Waals surface area contributed by atoms with Gasteiger partial charge in [0.15, 0.2) is 11.5 Å². The van der Waals surface area contributed by atoms with Gasteiger partial charge in [-0.25, -0.2) is 0 Å². The van der Waals surface area contributed by atoms with Crippen LogP contribution in [0.3, 0.4) is 0 Å². The summed E-state index contributed by atoms with van der Waals surface area (Å²) in [6.07, 6.45) is 1.42. The highest BCUT2D eigenvalue weighted by atomic mass is 35.5. The largest absolute Gasteiger partial charge is 0.459 e. The highest BCUT2D eigenvalue weighted by Gasteiger charge is 2.15. The predicted octanol–water partition coefficient (Wildman–Crippen LogP) is 5.70. The van der Waals surface area contributed by atoms with Crippen LogP contribution in [-0.4, -0.2) is 11.8 Å². The summed E-state index contributed by atoms with van der Waals surface area (Å²) in [5, 5.41) is 5.99. The second kappa shape index (κ2) is 8.08. The molecular formula is C22H15ClN2O4. The molecule has 0 aliphatic carbocycles. The maximum atomic E-state index is 12.5. The summed E-state index contributed by atoms with van der Waals surface area (Å²) in [5.74, 6) is 0.0407. The Morgan fingerprint density at radius 2 is 1.48 bits per heavy atom. The van der Waals surface area contributed by atoms with Crippen LogP contribution in [0, 0.1) is 0 Å². The van der Waals surface area contributed by atoms with Crippen LogP contribution in [0.5, 0.6) is 0 Å². The zero-order chi connectivity index (χ0) is 20.2. The molecule has 4 aromatic rings. The summed E-state index contributed by atoms with van der Waals surface area (Å²) in [5.41, 5.74) is 1.72. The van der Waals surface area contributed by atoms with Crippen LogP contribution < -0.4 is 10.6 Å². The monoisotopic (exact) mass is 406 g/mol. The van der Waals surface area contributed by atoms with Gasteiger partial charge in [0.2, 0.25) is 0 Å². The zero-order valence-corrected chi connectivity index (χ0v) is 15.8. The molecule has 2 aromatic carbocycles. The summed E-state index contributed by atoms with van der Waals surface area (Å²) in [6.45, 7) is 0. The molecule has 0 bridgehead atoms. The number of hydrogen-bond donors (Lipinski definition) is 2. The maximum Gasteiger partial charge on any atom is 0.291 e. The van der Waals surface area contributed by atoms with Crippen molar-refractivity contribution in [2.75, 3.05) is 10.6 Å². The van der Waals surface area contributed by atoms with Gasteiger partial charge < -0.3 is 19.5 Å². The first-order valence-corrected chi connectivity index (χ1v) is 9.09. The van der Waals surface area contributed by atoms with E-state index >= 15 is 0 Å². The normalized spacial score (nSPS) is 10.5. The van der Waals surface area contributed by atoms with Crippen molar-refractivity contribution in [2.24, 2.45) is 0 Å². The molecule has 4 rings (SSSR count). The van der Waals surface area contributed by atoms with Crippen molar-refractivity contribution in [3.05, 3.63) is 95.6 Å². The molecule has 2 N–H and O–H groups in total. The van der Waals surface area contributed by atoms with E-state index in [4.69, 9.17) is 20.4 Å². The minimum absolute atomic E-state index is 0.143. The van der Waals surface area contributed by atoms with Crippen LogP contribution in [0.25, 0.3) is 11.3 Å². The summed E-state index contributed by atoms with van der Waals surface area (Å²) >= 11 is 6.17. The minimum Gasteiger partial charge on any atom is -0.459 e. The minimum atomic E-state index is -0.419. The van der Waals surface area contributed by atoms with Gasteiger partial charge in [0, 0.05) is 16.9 Å². The van der Waals surface area contributed by atoms with Crippen molar-refractivity contribution >= 4 is 34.8 Å². The van der Waals surface area contributed by atoms with Crippen molar-refractivity contribution in [3.8, 4) is 11.3 Å². The molecule has 144 valence electrons. The van der Waals surface area contributed by atoms with Crippen LogP contribution in [0.4, 0.5) is 11.4 Å². The lowest BCUT2D eigenvalue weighted by Crippen LogP contribution is -2.13. The van der Waals surface area contributed by atoms with Gasteiger partial charge in [0.25, 0.3) is 11.8 Å². The summed E-state index contributed by atoms with van der Waals surface area (Å²) in [7, 11) is 0. The standard InChI is InChI=1S/C22H15ClN2O4/c23-17-8-2-1-7-16(17)18-10-11-20(29-18)22(27)25-15-6-3-5-14(13-15)24-21(26)19-9-4-12-28-19/h1-13H,(H,24,26)(H,25,27). The number of carbonyl (C=O) groups is 2. The van der Waals surface area contributed by atoms with E-state index in [0.29, 0.717) is 27.7 Å². The van der Waals surface area contributed by atoms with Crippen molar-refractivity contribution < 1.29 is 18.4 Å². The van der Waals surface area contributed by atoms with E-state index in [1.54, 1.807) is 54.6 Å². The van der Waals surface area contributed by atoms with Gasteiger partial charge in [0.05, 0.1) is 11.3 Å². The number of hydrogen-bond acceptors (Lipinski definition) is 4. The average molecular weight is 407 g/mol. The summed E-state index contributed by atoms with van der Waals surface area (Å²) < 4.78 is 10.7. The predicted molar refractivity (Wildman–Crippen MR) is 110 cm³/mol. The van der Waals surface area contributed by atoms with Crippen LogP contribution in [0.2, 0.25) is 5.02 Å². The topological polar surface area (TPSA) is 84.5 Å². The van der Waals surface area contributed by atoms with Gasteiger partial charge in [-0.15, -0.1) is 0 Å². The maximum absolute atomic E-state index is 12.5. The van der Waals surface area contributed by atoms with Gasteiger partial charge in [-0.05, 0) is 54.6 Å². The van der Waals surface area contributed by atoms with E-state index in [-0.39, 0.29) is 17.4 Å². The summed E-state index contributed by atoms with van der Waals surface area (Å²) in [6, 6.07) is 20.5. The third-order valence-corrected chi connectivity index (χ3v) is 4.42. The first-order valence-electron chi connectivity index (χ1n) is 8.71. The van der Waals surface area contributed by atoms with Crippen molar-refractivity contribution in [1.82, 2.24) is 0 Å². The SMILES string of the molecule is O=C(Nc1cccc(NC(=O)c2ccc(-c3ccccc3Cl)o2)c1)c1ccco1. The van der Waals surface area contributed by atoms with E-state index in [1.165, 1.54) is 6.26 Å². The Bertz CT molecular complexity index is 1170. The number of anilines is 2. The van der Waals surface area contributed by atoms with E-state index < -0.39 is 5.91 Å². The van der Waals surface area contributed by atoms with Crippen molar-refractivity contribution in [1.29, 1.82) is 0 Å². The van der Waals surface area contributed by atoms with Gasteiger partial charge in [-0.2, -0.15) is 0 Å². The smallest absolute Gasteiger partial charge is 0.291 e. The van der Waals surface area contributed by atoms with Gasteiger partial charge >= 0.3 is 0 Å². The molecule has 29 heavy (non-hydrogen) atoms. The Morgan fingerprint density at radius 3 is 2.17 bits per heavy atom. The molecule has 0 atom stereocenters. The van der Waals surface area contributed by atoms with E-state index in [1.807, 2.05) is 18.2 Å². The first kappa shape index (κ1) is 18.6. The molecule has 0 saturated heterocycles. The number of carbonyl (C=O) groups excluding carboxylic acids is 2. The summed E-state index contributed by atoms with van der Waals surface area (Å²) in [4.78, 5) is 24.6. The van der Waals surface area contributed by atoms with E-state index in [9.17, 15) is 9.59 Å². The molecule has 0 spiro atoms. The third kappa shape index (κ3) is 4.23. The highest BCUT2D eigenvalue weighted by Crippen LogP contribution is 2.29. The lowest BCUT2D eigenvalue weighted by molar-refractivity contribution is 0.0990. The number of benzene rings is 2. The van der Waals surface area contributed by atoms with Crippen molar-refractivity contribution in [2.45, 2.75) is 0 Å². The van der Waals surface area contributed by atoms with Gasteiger partial charge in [0.1, 0.15) is 5.76 Å². The first-order chi connectivity index (χ1) is 14.1. The molecule has 2 heterocycles. The highest BCUT2D eigenvalue weighted by molar-refractivity contribution is 6.33. The molecule has 2 aromatic heterocycles. The van der Waals surface area contributed by atoms with Crippen LogP contribution in [-0.2, 0) is 0 Å². The van der Waals surface area contributed by atoms with Crippen LogP contribution in [0.1, 0.15) is 21.1 Å². The Labute approximate surface area is 171 Å². The molecule has 0 fully saturated rings. The number of halogens is 1. The average Bonchev–Trinajstić information content (AvgIpc) is 3.41. The Kier molecular flexibility index (Phi) is 5.18. The number of amides is 2. The molecule has 0 saturated carbocycles. The van der Waals surface area contributed by atoms with Gasteiger partial charge in [-0.3, -0.25) is 9.59 Å². The van der Waals surface area contributed by atoms with Crippen LogP contribution in [0.15, 0.2) is 87.9 Å². The number of furan rings is 2. The fourth-order valence-electron chi connectivity index (χ4n) is 2.73. The molecule has 6 nitrogen and oxygen atoms in total. The Balaban J connectivity index is 1.46. The Hall–Kier alpha value is -3.77. The number of rotatable bonds is 5. The number of nitrogens with one attached hydrogen (secondary N) is 2. The van der Waals surface area contributed by atoms with Crippen molar-refractivity contribution in [3.63, 3.8) is 0 Å². The van der Waals surface area contributed by atoms with Gasteiger partial charge in [-0.1, -0.05) is 29.8 Å². The lowest BCUT2D eigenvalue weighted by Gasteiger charge is -2.07. The molecule has 0 radical (unpaired) electrons. The quantitative estimate of drug-likeness (QED) is 0.445. The Morgan fingerprint density at radius 1 is 0.759 bits per heavy atom. The molecule has 0 aliphatic rings. The second-order valence-electron chi connectivity index (χ2n) is 6.11. The van der Waals surface area contributed by atoms with E-state index in [2.05, 4.69) is 10.6 Å². The second-order valence-corrected chi connectivity index (χ2v) is 6.52. The van der Waals surface area contributed by atoms with E-state index in [0.717, 1.165) is 0 Å². The molecule has 0 aliphatic heterocycles. The fraction of sp³-hybridized carbons (Fsp3) is 0. The van der Waals surface area contributed by atoms with Crippen LogP contribution >= 0.6 is 11.6 Å². The molecule has 7 heteroatoms. The fourth-order valence-corrected chi connectivity index (χ4v) is 2.96. The zero-order valence-electron chi connectivity index (χ0n) is 15.0. The molecule has 2 amide bonds. The lowest BCUT2D eigenvalue weighted by atomic mass is 10.2.